The molecular formula is H7AlFeMnO5SZn. The average Bonchev–Trinajstić information content (AvgIpc) is 0.722. The first-order chi connectivity index (χ1) is 2.00. The standard InChI is InChI=1S/Al.Fe.Mn.H2O4S.H2O.Zn.3H/c;;;1-5(2,3)4;;;;;/h;;;(H2,1,2,3,4);1H2;;;;. The molecule has 0 saturated heterocycles. The molecule has 0 rings (SSSR count). The first-order valence-electron chi connectivity index (χ1n) is 0.698. The van der Waals surface area contributed by atoms with Crippen LogP contribution >= 0.6 is 0 Å². The molecule has 0 atom stereocenters. The summed E-state index contributed by atoms with van der Waals surface area (Å²) in [6.07, 6.45) is 0. The molecule has 0 spiro atoms. The topological polar surface area (TPSA) is 106 Å². The van der Waals surface area contributed by atoms with Gasteiger partial charge in [0.25, 0.3) is 0 Å². The van der Waals surface area contributed by atoms with Gasteiger partial charge in [-0.2, -0.15) is 8.42 Å². The number of hydrogen-bond donors (Lipinski definition) is 2. The summed E-state index contributed by atoms with van der Waals surface area (Å²) in [7, 11) is -4.67. The van der Waals surface area contributed by atoms with Gasteiger partial charge in [-0.1, -0.05) is 0 Å². The van der Waals surface area contributed by atoms with Gasteiger partial charge >= 0.3 is 10.4 Å². The van der Waals surface area contributed by atoms with E-state index in [4.69, 9.17) is 17.5 Å². The number of hydrogen-bond acceptors (Lipinski definition) is 2. The Labute approximate surface area is 103 Å². The van der Waals surface area contributed by atoms with Crippen molar-refractivity contribution in [3.8, 4) is 0 Å². The van der Waals surface area contributed by atoms with E-state index in [1.165, 1.54) is 0 Å². The Morgan fingerprint density at radius 2 is 1.10 bits per heavy atom. The van der Waals surface area contributed by atoms with Crippen molar-refractivity contribution in [3.63, 3.8) is 0 Å². The van der Waals surface area contributed by atoms with Crippen LogP contribution in [0.1, 0.15) is 0 Å². The molecule has 63 valence electrons. The van der Waals surface area contributed by atoms with Gasteiger partial charge in [0.05, 0.1) is 0 Å². The molecule has 5 nitrogen and oxygen atoms in total. The van der Waals surface area contributed by atoms with E-state index in [9.17, 15) is 0 Å². The van der Waals surface area contributed by atoms with Crippen molar-refractivity contribution in [1.82, 2.24) is 0 Å². The van der Waals surface area contributed by atoms with E-state index in [1.54, 1.807) is 0 Å². The van der Waals surface area contributed by atoms with Crippen molar-refractivity contribution < 1.29 is 76.6 Å². The SMILES string of the molecule is O.O=S(=O)(O)O.[AlH3].[Fe].[Mn].[Zn]. The van der Waals surface area contributed by atoms with Crippen LogP contribution < -0.4 is 0 Å². The fourth-order valence-corrected chi connectivity index (χ4v) is 0. The van der Waals surface area contributed by atoms with E-state index in [-0.39, 0.29) is 76.5 Å². The molecular weight excluding hydrogens is 315 g/mol. The van der Waals surface area contributed by atoms with Gasteiger partial charge in [0, 0.05) is 53.6 Å². The first-order valence-corrected chi connectivity index (χ1v) is 2.10. The summed E-state index contributed by atoms with van der Waals surface area (Å²) in [5, 5.41) is 0. The molecule has 0 unspecified atom stereocenters. The fraction of sp³-hybridized carbons (Fsp3) is 0. The van der Waals surface area contributed by atoms with Crippen LogP contribution in [0.4, 0.5) is 0 Å². The molecule has 1 radical (unpaired) electrons. The Balaban J connectivity index is -0.00000000800. The Bertz CT molecular complexity index is 105. The zero-order valence-electron chi connectivity index (χ0n) is 4.06. The van der Waals surface area contributed by atoms with Crippen molar-refractivity contribution in [3.05, 3.63) is 0 Å². The van der Waals surface area contributed by atoms with Crippen LogP contribution in [0, 0.1) is 0 Å². The van der Waals surface area contributed by atoms with Gasteiger partial charge in [0.2, 0.25) is 0 Å². The minimum absolute atomic E-state index is 0. The van der Waals surface area contributed by atoms with Gasteiger partial charge in [0.1, 0.15) is 0 Å². The molecule has 10 heavy (non-hydrogen) atoms. The van der Waals surface area contributed by atoms with Gasteiger partial charge in [-0.05, 0) is 0 Å². The summed E-state index contributed by atoms with van der Waals surface area (Å²) in [4.78, 5) is 0. The van der Waals surface area contributed by atoms with Gasteiger partial charge in [0.15, 0.2) is 17.4 Å². The Kier molecular flexibility index (Phi) is 69.3. The molecule has 0 heterocycles. The second kappa shape index (κ2) is 17.2. The maximum absolute atomic E-state index is 8.74. The van der Waals surface area contributed by atoms with Crippen LogP contribution in [0.15, 0.2) is 0 Å². The molecule has 0 aromatic carbocycles. The average molecular weight is 322 g/mol. The van der Waals surface area contributed by atoms with Crippen LogP contribution in [-0.2, 0) is 64.0 Å². The summed E-state index contributed by atoms with van der Waals surface area (Å²) < 4.78 is 31.6. The predicted octanol–water partition coefficient (Wildman–Crippen LogP) is -2.67. The van der Waals surface area contributed by atoms with Crippen molar-refractivity contribution in [2.75, 3.05) is 0 Å². The zero-order valence-corrected chi connectivity index (χ0v) is 10.1. The van der Waals surface area contributed by atoms with E-state index < -0.39 is 10.4 Å². The zero-order chi connectivity index (χ0) is 4.50. The second-order valence-corrected chi connectivity index (χ2v) is 1.34. The quantitative estimate of drug-likeness (QED) is 0.375. The monoisotopic (exact) mass is 321 g/mol. The molecule has 0 bridgehead atoms. The van der Waals surface area contributed by atoms with Crippen molar-refractivity contribution in [2.45, 2.75) is 0 Å². The molecule has 10 heteroatoms. The van der Waals surface area contributed by atoms with Gasteiger partial charge in [-0.15, -0.1) is 0 Å². The minimum Gasteiger partial charge on any atom is -0.412 e. The van der Waals surface area contributed by atoms with Crippen LogP contribution in [0.3, 0.4) is 0 Å². The molecule has 0 aliphatic heterocycles. The summed E-state index contributed by atoms with van der Waals surface area (Å²) in [6, 6.07) is 0. The molecule has 4 N–H and O–H groups in total. The number of rotatable bonds is 0. The normalized spacial score (nSPS) is 5.80. The second-order valence-electron chi connectivity index (χ2n) is 0.448. The molecule has 0 fully saturated rings. The molecule has 0 aromatic rings. The molecule has 0 saturated carbocycles. The van der Waals surface area contributed by atoms with Crippen LogP contribution in [-0.4, -0.2) is 40.4 Å². The van der Waals surface area contributed by atoms with E-state index in [0.29, 0.717) is 0 Å². The van der Waals surface area contributed by atoms with E-state index >= 15 is 0 Å². The molecule has 0 aromatic heterocycles. The summed E-state index contributed by atoms with van der Waals surface area (Å²) >= 11 is 0. The largest absolute Gasteiger partial charge is 0.412 e. The molecule has 0 aliphatic rings. The summed E-state index contributed by atoms with van der Waals surface area (Å²) in [6.45, 7) is 0. The third-order valence-corrected chi connectivity index (χ3v) is 0. The molecule has 0 amide bonds. The van der Waals surface area contributed by atoms with Gasteiger partial charge in [-0.3, -0.25) is 9.11 Å². The summed E-state index contributed by atoms with van der Waals surface area (Å²) in [5.41, 5.74) is 0. The maximum Gasteiger partial charge on any atom is 0.394 e. The van der Waals surface area contributed by atoms with E-state index in [0.717, 1.165) is 0 Å². The summed E-state index contributed by atoms with van der Waals surface area (Å²) in [5.74, 6) is 0. The van der Waals surface area contributed by atoms with Gasteiger partial charge < -0.3 is 5.48 Å². The Morgan fingerprint density at radius 1 is 1.10 bits per heavy atom. The van der Waals surface area contributed by atoms with Crippen molar-refractivity contribution in [1.29, 1.82) is 0 Å². The van der Waals surface area contributed by atoms with Crippen molar-refractivity contribution >= 4 is 27.8 Å². The first kappa shape index (κ1) is 40.3. The van der Waals surface area contributed by atoms with E-state index in [1.807, 2.05) is 0 Å². The smallest absolute Gasteiger partial charge is 0.394 e. The van der Waals surface area contributed by atoms with Crippen LogP contribution in [0.2, 0.25) is 0 Å². The Hall–Kier alpha value is 2.02. The Morgan fingerprint density at radius 3 is 1.10 bits per heavy atom. The van der Waals surface area contributed by atoms with Crippen LogP contribution in [0.5, 0.6) is 0 Å². The van der Waals surface area contributed by atoms with E-state index in [2.05, 4.69) is 0 Å². The predicted molar refractivity (Wildman–Crippen MR) is 27.7 cm³/mol. The van der Waals surface area contributed by atoms with Crippen molar-refractivity contribution in [2.24, 2.45) is 0 Å². The molecule has 0 aliphatic carbocycles. The third-order valence-electron chi connectivity index (χ3n) is 0. The van der Waals surface area contributed by atoms with Crippen LogP contribution in [0.25, 0.3) is 0 Å². The third kappa shape index (κ3) is 199. The minimum atomic E-state index is -4.67. The van der Waals surface area contributed by atoms with Gasteiger partial charge in [-0.25, -0.2) is 0 Å². The maximum atomic E-state index is 8.74. The fourth-order valence-electron chi connectivity index (χ4n) is 0.